The van der Waals surface area contributed by atoms with Crippen molar-refractivity contribution in [2.75, 3.05) is 6.54 Å². The lowest BCUT2D eigenvalue weighted by atomic mass is 10.2. The number of hydrogen-bond acceptors (Lipinski definition) is 4. The van der Waals surface area contributed by atoms with Gasteiger partial charge in [0.25, 0.3) is 5.91 Å². The summed E-state index contributed by atoms with van der Waals surface area (Å²) in [4.78, 5) is 24.0. The van der Waals surface area contributed by atoms with E-state index in [0.29, 0.717) is 0 Å². The zero-order chi connectivity index (χ0) is 12.6. The zero-order valence-corrected chi connectivity index (χ0v) is 9.42. The van der Waals surface area contributed by atoms with Gasteiger partial charge in [-0.1, -0.05) is 0 Å². The maximum Gasteiger partial charge on any atom is 0.326 e. The second-order valence-electron chi connectivity index (χ2n) is 3.81. The largest absolute Gasteiger partial charge is 0.480 e. The lowest BCUT2D eigenvalue weighted by molar-refractivity contribution is -0.141. The molecular formula is C10H10ClNO5. The van der Waals surface area contributed by atoms with E-state index < -0.39 is 24.0 Å². The first-order chi connectivity index (χ1) is 8.00. The molecule has 1 aliphatic heterocycles. The highest BCUT2D eigenvalue weighted by Crippen LogP contribution is 2.24. The molecule has 1 aromatic rings. The Balaban J connectivity index is 2.25. The van der Waals surface area contributed by atoms with Crippen LogP contribution in [0.4, 0.5) is 0 Å². The van der Waals surface area contributed by atoms with Gasteiger partial charge in [0.15, 0.2) is 0 Å². The van der Waals surface area contributed by atoms with Gasteiger partial charge in [0.05, 0.1) is 17.9 Å². The number of likely N-dealkylation sites (tertiary alicyclic amines) is 1. The summed E-state index contributed by atoms with van der Waals surface area (Å²) in [6.07, 6.45) is 0.444. The lowest BCUT2D eigenvalue weighted by Crippen LogP contribution is -2.40. The van der Waals surface area contributed by atoms with E-state index in [9.17, 15) is 14.7 Å². The fourth-order valence-corrected chi connectivity index (χ4v) is 2.07. The van der Waals surface area contributed by atoms with Crippen LogP contribution in [0, 0.1) is 0 Å². The number of carboxylic acid groups (broad SMARTS) is 1. The average molecular weight is 260 g/mol. The Bertz CT molecular complexity index is 457. The maximum atomic E-state index is 12.0. The van der Waals surface area contributed by atoms with Gasteiger partial charge in [-0.3, -0.25) is 4.79 Å². The summed E-state index contributed by atoms with van der Waals surface area (Å²) in [6, 6.07) is 0.345. The third-order valence-electron chi connectivity index (χ3n) is 2.67. The van der Waals surface area contributed by atoms with Crippen LogP contribution < -0.4 is 0 Å². The number of β-amino-alcohol motifs (C(OH)–C–C–N with tert-alkyl or cyclic N) is 1. The smallest absolute Gasteiger partial charge is 0.326 e. The third-order valence-corrected chi connectivity index (χ3v) is 2.97. The molecule has 7 heteroatoms. The topological polar surface area (TPSA) is 91.0 Å². The van der Waals surface area contributed by atoms with Crippen LogP contribution in [0.5, 0.6) is 0 Å². The Kier molecular flexibility index (Phi) is 3.08. The standard InChI is InChI=1S/C10H10ClNO5/c11-8-6(1-2-17-8)9(14)12-4-5(13)3-7(12)10(15)16/h1-2,5,7,13H,3-4H2,(H,15,16)/t5?,7-/m0/s1. The molecule has 92 valence electrons. The van der Waals surface area contributed by atoms with Crippen LogP contribution in [-0.4, -0.2) is 45.7 Å². The Hall–Kier alpha value is -1.53. The number of aliphatic carboxylic acids is 1. The molecule has 1 fully saturated rings. The van der Waals surface area contributed by atoms with E-state index in [2.05, 4.69) is 0 Å². The summed E-state index contributed by atoms with van der Waals surface area (Å²) in [5, 5.41) is 18.3. The number of nitrogens with zero attached hydrogens (tertiary/aromatic N) is 1. The first-order valence-electron chi connectivity index (χ1n) is 4.95. The van der Waals surface area contributed by atoms with Crippen LogP contribution >= 0.6 is 11.6 Å². The van der Waals surface area contributed by atoms with Crippen molar-refractivity contribution >= 4 is 23.5 Å². The van der Waals surface area contributed by atoms with E-state index in [0.717, 1.165) is 4.90 Å². The number of hydrogen-bond donors (Lipinski definition) is 2. The van der Waals surface area contributed by atoms with E-state index in [1.54, 1.807) is 0 Å². The number of aliphatic hydroxyl groups excluding tert-OH is 1. The van der Waals surface area contributed by atoms with Gasteiger partial charge < -0.3 is 19.5 Å². The average Bonchev–Trinajstić information content (AvgIpc) is 2.83. The number of aliphatic hydroxyl groups is 1. The van der Waals surface area contributed by atoms with Crippen LogP contribution in [0.15, 0.2) is 16.7 Å². The number of carbonyl (C=O) groups excluding carboxylic acids is 1. The minimum absolute atomic E-state index is 0.0166. The number of amides is 1. The minimum atomic E-state index is -1.14. The number of furan rings is 1. The number of carbonyl (C=O) groups is 2. The number of halogens is 1. The van der Waals surface area contributed by atoms with Crippen molar-refractivity contribution in [1.82, 2.24) is 4.90 Å². The van der Waals surface area contributed by atoms with Crippen LogP contribution in [-0.2, 0) is 4.79 Å². The zero-order valence-electron chi connectivity index (χ0n) is 8.67. The van der Waals surface area contributed by atoms with Crippen molar-refractivity contribution in [2.45, 2.75) is 18.6 Å². The normalized spacial score (nSPS) is 24.0. The molecule has 2 N–H and O–H groups in total. The second kappa shape index (κ2) is 4.38. The monoisotopic (exact) mass is 259 g/mol. The van der Waals surface area contributed by atoms with Crippen molar-refractivity contribution in [3.8, 4) is 0 Å². The fraction of sp³-hybridized carbons (Fsp3) is 0.400. The molecule has 17 heavy (non-hydrogen) atoms. The molecule has 0 aliphatic carbocycles. The molecule has 1 saturated heterocycles. The van der Waals surface area contributed by atoms with E-state index >= 15 is 0 Å². The van der Waals surface area contributed by atoms with E-state index in [1.807, 2.05) is 0 Å². The molecule has 0 radical (unpaired) electrons. The summed E-state index contributed by atoms with van der Waals surface area (Å²) in [6.45, 7) is -0.0166. The molecule has 2 atom stereocenters. The maximum absolute atomic E-state index is 12.0. The van der Waals surface area contributed by atoms with Gasteiger partial charge in [-0.25, -0.2) is 4.79 Å². The molecule has 1 aliphatic rings. The second-order valence-corrected chi connectivity index (χ2v) is 4.15. The molecule has 2 rings (SSSR count). The molecule has 1 unspecified atom stereocenters. The van der Waals surface area contributed by atoms with Crippen molar-refractivity contribution in [1.29, 1.82) is 0 Å². The van der Waals surface area contributed by atoms with Crippen molar-refractivity contribution in [3.63, 3.8) is 0 Å². The van der Waals surface area contributed by atoms with Gasteiger partial charge in [-0.2, -0.15) is 0 Å². The summed E-state index contributed by atoms with van der Waals surface area (Å²) < 4.78 is 4.78. The van der Waals surface area contributed by atoms with Crippen LogP contribution in [0.25, 0.3) is 0 Å². The summed E-state index contributed by atoms with van der Waals surface area (Å²) in [7, 11) is 0. The fourth-order valence-electron chi connectivity index (χ4n) is 1.87. The molecule has 2 heterocycles. The first kappa shape index (κ1) is 11.9. The number of rotatable bonds is 2. The lowest BCUT2D eigenvalue weighted by Gasteiger charge is -2.20. The molecule has 6 nitrogen and oxygen atoms in total. The first-order valence-corrected chi connectivity index (χ1v) is 5.33. The molecule has 1 aromatic heterocycles. The third kappa shape index (κ3) is 2.13. The summed E-state index contributed by atoms with van der Waals surface area (Å²) in [5.41, 5.74) is 0.104. The van der Waals surface area contributed by atoms with Gasteiger partial charge in [-0.15, -0.1) is 0 Å². The Labute approximate surface area is 101 Å². The van der Waals surface area contributed by atoms with Gasteiger partial charge in [0.1, 0.15) is 6.04 Å². The van der Waals surface area contributed by atoms with Gasteiger partial charge >= 0.3 is 5.97 Å². The predicted molar refractivity (Wildman–Crippen MR) is 56.8 cm³/mol. The van der Waals surface area contributed by atoms with Crippen LogP contribution in [0.2, 0.25) is 5.22 Å². The summed E-state index contributed by atoms with van der Waals surface area (Å²) in [5.74, 6) is -1.69. The quantitative estimate of drug-likeness (QED) is 0.811. The molecule has 0 saturated carbocycles. The Morgan fingerprint density at radius 2 is 2.24 bits per heavy atom. The Morgan fingerprint density at radius 3 is 2.76 bits per heavy atom. The molecular weight excluding hydrogens is 250 g/mol. The van der Waals surface area contributed by atoms with Gasteiger partial charge in [0.2, 0.25) is 5.22 Å². The van der Waals surface area contributed by atoms with Gasteiger partial charge in [-0.05, 0) is 17.7 Å². The summed E-state index contributed by atoms with van der Waals surface area (Å²) >= 11 is 5.65. The van der Waals surface area contributed by atoms with Crippen LogP contribution in [0.1, 0.15) is 16.8 Å². The van der Waals surface area contributed by atoms with Gasteiger partial charge in [0, 0.05) is 13.0 Å². The van der Waals surface area contributed by atoms with Crippen molar-refractivity contribution in [3.05, 3.63) is 23.1 Å². The highest BCUT2D eigenvalue weighted by Gasteiger charge is 2.40. The molecule has 1 amide bonds. The van der Waals surface area contributed by atoms with Crippen molar-refractivity contribution < 1.29 is 24.2 Å². The molecule has 0 bridgehead atoms. The SMILES string of the molecule is O=C(O)[C@@H]1CC(O)CN1C(=O)c1ccoc1Cl. The molecule has 0 aromatic carbocycles. The molecule has 0 spiro atoms. The highest BCUT2D eigenvalue weighted by molar-refractivity contribution is 6.32. The predicted octanol–water partition coefficient (Wildman–Crippen LogP) is 0.593. The van der Waals surface area contributed by atoms with Crippen molar-refractivity contribution in [2.24, 2.45) is 0 Å². The van der Waals surface area contributed by atoms with E-state index in [4.69, 9.17) is 21.1 Å². The Morgan fingerprint density at radius 1 is 1.53 bits per heavy atom. The number of carboxylic acids is 1. The van der Waals surface area contributed by atoms with E-state index in [1.165, 1.54) is 12.3 Å². The van der Waals surface area contributed by atoms with E-state index in [-0.39, 0.29) is 23.7 Å². The van der Waals surface area contributed by atoms with Crippen LogP contribution in [0.3, 0.4) is 0 Å². The minimum Gasteiger partial charge on any atom is -0.480 e. The highest BCUT2D eigenvalue weighted by atomic mass is 35.5.